The van der Waals surface area contributed by atoms with Crippen molar-refractivity contribution in [3.05, 3.63) is 35.9 Å². The van der Waals surface area contributed by atoms with Gasteiger partial charge in [-0.15, -0.1) is 0 Å². The monoisotopic (exact) mass is 288 g/mol. The zero-order valence-electron chi connectivity index (χ0n) is 14.0. The lowest BCUT2D eigenvalue weighted by Gasteiger charge is -2.42. The Kier molecular flexibility index (Phi) is 6.72. The Morgan fingerprint density at radius 3 is 2.67 bits per heavy atom. The SMILES string of the molecule is CCCC1CNC(C(C)CC)CN1CCc1ccccc1. The van der Waals surface area contributed by atoms with Gasteiger partial charge in [0.2, 0.25) is 0 Å². The molecule has 1 saturated heterocycles. The normalized spacial score (nSPS) is 24.9. The average Bonchev–Trinajstić information content (AvgIpc) is 2.54. The van der Waals surface area contributed by atoms with E-state index in [2.05, 4.69) is 61.3 Å². The molecule has 0 amide bonds. The van der Waals surface area contributed by atoms with Crippen LogP contribution >= 0.6 is 0 Å². The first-order chi connectivity index (χ1) is 10.2. The summed E-state index contributed by atoms with van der Waals surface area (Å²) < 4.78 is 0. The number of benzene rings is 1. The second kappa shape index (κ2) is 8.55. The molecule has 0 spiro atoms. The zero-order chi connectivity index (χ0) is 15.1. The standard InChI is InChI=1S/C19H32N2/c1-4-9-18-14-20-19(16(3)5-2)15-21(18)13-12-17-10-7-6-8-11-17/h6-8,10-11,16,18-20H,4-5,9,12-15H2,1-3H3. The Labute approximate surface area is 130 Å². The number of piperazine rings is 1. The van der Waals surface area contributed by atoms with Gasteiger partial charge in [0, 0.05) is 31.7 Å². The van der Waals surface area contributed by atoms with Gasteiger partial charge < -0.3 is 5.32 Å². The topological polar surface area (TPSA) is 15.3 Å². The van der Waals surface area contributed by atoms with Crippen molar-refractivity contribution in [2.24, 2.45) is 5.92 Å². The molecule has 2 rings (SSSR count). The third-order valence-electron chi connectivity index (χ3n) is 5.05. The summed E-state index contributed by atoms with van der Waals surface area (Å²) in [5.41, 5.74) is 1.46. The van der Waals surface area contributed by atoms with Gasteiger partial charge in [0.25, 0.3) is 0 Å². The maximum atomic E-state index is 3.79. The van der Waals surface area contributed by atoms with E-state index >= 15 is 0 Å². The summed E-state index contributed by atoms with van der Waals surface area (Å²) in [6.07, 6.45) is 5.04. The van der Waals surface area contributed by atoms with Crippen LogP contribution < -0.4 is 5.32 Å². The smallest absolute Gasteiger partial charge is 0.0221 e. The molecule has 0 aliphatic carbocycles. The van der Waals surface area contributed by atoms with Gasteiger partial charge in [-0.3, -0.25) is 4.90 Å². The molecule has 1 aliphatic rings. The van der Waals surface area contributed by atoms with Crippen molar-refractivity contribution in [2.45, 2.75) is 58.5 Å². The van der Waals surface area contributed by atoms with Crippen LogP contribution in [0.1, 0.15) is 45.6 Å². The molecule has 0 bridgehead atoms. The van der Waals surface area contributed by atoms with Crippen LogP contribution in [0, 0.1) is 5.92 Å². The van der Waals surface area contributed by atoms with Gasteiger partial charge in [0.15, 0.2) is 0 Å². The molecule has 0 saturated carbocycles. The molecule has 118 valence electrons. The summed E-state index contributed by atoms with van der Waals surface area (Å²) in [6, 6.07) is 12.3. The van der Waals surface area contributed by atoms with E-state index in [0.29, 0.717) is 6.04 Å². The maximum absolute atomic E-state index is 3.79. The molecule has 21 heavy (non-hydrogen) atoms. The summed E-state index contributed by atoms with van der Waals surface area (Å²) >= 11 is 0. The third-order valence-corrected chi connectivity index (χ3v) is 5.05. The lowest BCUT2D eigenvalue weighted by atomic mass is 9.94. The molecule has 1 N–H and O–H groups in total. The van der Waals surface area contributed by atoms with Gasteiger partial charge in [0.05, 0.1) is 0 Å². The van der Waals surface area contributed by atoms with Crippen LogP contribution in [0.25, 0.3) is 0 Å². The first-order valence-corrected chi connectivity index (χ1v) is 8.76. The molecule has 1 aliphatic heterocycles. The van der Waals surface area contributed by atoms with Gasteiger partial charge in [-0.2, -0.15) is 0 Å². The summed E-state index contributed by atoms with van der Waals surface area (Å²) in [6.45, 7) is 10.6. The van der Waals surface area contributed by atoms with Gasteiger partial charge in [-0.1, -0.05) is 63.9 Å². The van der Waals surface area contributed by atoms with Crippen molar-refractivity contribution < 1.29 is 0 Å². The molecule has 3 unspecified atom stereocenters. The van der Waals surface area contributed by atoms with E-state index in [1.165, 1.54) is 44.3 Å². The molecule has 0 radical (unpaired) electrons. The summed E-state index contributed by atoms with van der Waals surface area (Å²) in [5.74, 6) is 0.770. The van der Waals surface area contributed by atoms with E-state index in [4.69, 9.17) is 0 Å². The van der Waals surface area contributed by atoms with Gasteiger partial charge in [-0.05, 0) is 24.3 Å². The van der Waals surface area contributed by atoms with Crippen molar-refractivity contribution in [1.82, 2.24) is 10.2 Å². The van der Waals surface area contributed by atoms with Gasteiger partial charge in [-0.25, -0.2) is 0 Å². The zero-order valence-corrected chi connectivity index (χ0v) is 14.0. The molecule has 1 aromatic rings. The second-order valence-electron chi connectivity index (χ2n) is 6.57. The van der Waals surface area contributed by atoms with Crippen LogP contribution in [-0.2, 0) is 6.42 Å². The van der Waals surface area contributed by atoms with Crippen molar-refractivity contribution in [1.29, 1.82) is 0 Å². The first-order valence-electron chi connectivity index (χ1n) is 8.76. The average molecular weight is 288 g/mol. The van der Waals surface area contributed by atoms with Crippen LogP contribution in [-0.4, -0.2) is 36.6 Å². The minimum Gasteiger partial charge on any atom is -0.311 e. The molecule has 1 fully saturated rings. The molecule has 3 atom stereocenters. The number of hydrogen-bond acceptors (Lipinski definition) is 2. The fraction of sp³-hybridized carbons (Fsp3) is 0.684. The molecular formula is C19H32N2. The van der Waals surface area contributed by atoms with E-state index < -0.39 is 0 Å². The van der Waals surface area contributed by atoms with Gasteiger partial charge in [0.1, 0.15) is 0 Å². The fourth-order valence-electron chi connectivity index (χ4n) is 3.36. The van der Waals surface area contributed by atoms with Gasteiger partial charge >= 0.3 is 0 Å². The molecule has 1 heterocycles. The van der Waals surface area contributed by atoms with E-state index in [9.17, 15) is 0 Å². The minimum atomic E-state index is 0.666. The highest BCUT2D eigenvalue weighted by molar-refractivity contribution is 5.15. The van der Waals surface area contributed by atoms with Crippen molar-refractivity contribution in [3.63, 3.8) is 0 Å². The number of nitrogens with one attached hydrogen (secondary N) is 1. The highest BCUT2D eigenvalue weighted by atomic mass is 15.2. The quantitative estimate of drug-likeness (QED) is 0.822. The first kappa shape index (κ1) is 16.5. The van der Waals surface area contributed by atoms with Crippen LogP contribution in [0.15, 0.2) is 30.3 Å². The van der Waals surface area contributed by atoms with E-state index in [1.54, 1.807) is 0 Å². The Morgan fingerprint density at radius 1 is 1.24 bits per heavy atom. The second-order valence-corrected chi connectivity index (χ2v) is 6.57. The van der Waals surface area contributed by atoms with Crippen LogP contribution in [0.5, 0.6) is 0 Å². The lowest BCUT2D eigenvalue weighted by Crippen LogP contribution is -2.58. The number of rotatable bonds is 7. The molecule has 1 aromatic carbocycles. The summed E-state index contributed by atoms with van der Waals surface area (Å²) in [5, 5.41) is 3.79. The Bertz CT molecular complexity index is 390. The fourth-order valence-corrected chi connectivity index (χ4v) is 3.36. The minimum absolute atomic E-state index is 0.666. The largest absolute Gasteiger partial charge is 0.311 e. The van der Waals surface area contributed by atoms with Crippen molar-refractivity contribution in [3.8, 4) is 0 Å². The highest BCUT2D eigenvalue weighted by Crippen LogP contribution is 2.18. The predicted molar refractivity (Wildman–Crippen MR) is 91.7 cm³/mol. The summed E-state index contributed by atoms with van der Waals surface area (Å²) in [4.78, 5) is 2.74. The molecule has 0 aromatic heterocycles. The van der Waals surface area contributed by atoms with Crippen LogP contribution in [0.2, 0.25) is 0 Å². The third kappa shape index (κ3) is 4.82. The Morgan fingerprint density at radius 2 is 2.00 bits per heavy atom. The van der Waals surface area contributed by atoms with Crippen LogP contribution in [0.3, 0.4) is 0 Å². The highest BCUT2D eigenvalue weighted by Gasteiger charge is 2.29. The van der Waals surface area contributed by atoms with Crippen molar-refractivity contribution >= 4 is 0 Å². The lowest BCUT2D eigenvalue weighted by molar-refractivity contribution is 0.104. The Hall–Kier alpha value is -0.860. The maximum Gasteiger partial charge on any atom is 0.0221 e. The summed E-state index contributed by atoms with van der Waals surface area (Å²) in [7, 11) is 0. The number of nitrogens with zero attached hydrogens (tertiary/aromatic N) is 1. The molecule has 2 nitrogen and oxygen atoms in total. The van der Waals surface area contributed by atoms with E-state index in [1.807, 2.05) is 0 Å². The number of hydrogen-bond donors (Lipinski definition) is 1. The van der Waals surface area contributed by atoms with Crippen LogP contribution in [0.4, 0.5) is 0 Å². The predicted octanol–water partition coefficient (Wildman–Crippen LogP) is 3.72. The molecule has 2 heteroatoms. The van der Waals surface area contributed by atoms with E-state index in [0.717, 1.165) is 18.5 Å². The van der Waals surface area contributed by atoms with E-state index in [-0.39, 0.29) is 0 Å². The molecular weight excluding hydrogens is 256 g/mol. The van der Waals surface area contributed by atoms with Crippen molar-refractivity contribution in [2.75, 3.05) is 19.6 Å². The Balaban J connectivity index is 1.93.